The van der Waals surface area contributed by atoms with E-state index in [0.29, 0.717) is 16.9 Å². The highest BCUT2D eigenvalue weighted by Crippen LogP contribution is 2.37. The van der Waals surface area contributed by atoms with Crippen molar-refractivity contribution < 1.29 is 24.0 Å². The quantitative estimate of drug-likeness (QED) is 0.206. The first-order valence-corrected chi connectivity index (χ1v) is 10.9. The van der Waals surface area contributed by atoms with Gasteiger partial charge in [-0.3, -0.25) is 19.8 Å². The van der Waals surface area contributed by atoms with Gasteiger partial charge in [-0.2, -0.15) is 0 Å². The highest BCUT2D eigenvalue weighted by atomic mass is 35.5. The highest BCUT2D eigenvalue weighted by molar-refractivity contribution is 6.32. The first-order chi connectivity index (χ1) is 16.9. The second kappa shape index (κ2) is 10.3. The highest BCUT2D eigenvalue weighted by Gasteiger charge is 2.33. The van der Waals surface area contributed by atoms with Crippen LogP contribution < -0.4 is 14.8 Å². The SMILES string of the molecule is COc1cc(/C=C2/NC(=O)N(Cc3ccccc3)C2=O)cc(Cl)c1OCc1ccc([N+](=O)[O-])cc1. The Hall–Kier alpha value is -4.37. The molecule has 1 heterocycles. The minimum Gasteiger partial charge on any atom is -0.493 e. The molecule has 0 atom stereocenters. The molecule has 3 aromatic carbocycles. The van der Waals surface area contributed by atoms with Crippen LogP contribution in [0.2, 0.25) is 5.02 Å². The average Bonchev–Trinajstić information content (AvgIpc) is 3.11. The third-order valence-corrected chi connectivity index (χ3v) is 5.52. The Kier molecular flexibility index (Phi) is 6.98. The number of nitro groups is 1. The van der Waals surface area contributed by atoms with Crippen molar-refractivity contribution in [3.05, 3.63) is 104 Å². The van der Waals surface area contributed by atoms with Gasteiger partial charge in [0.1, 0.15) is 12.3 Å². The lowest BCUT2D eigenvalue weighted by molar-refractivity contribution is -0.384. The summed E-state index contributed by atoms with van der Waals surface area (Å²) in [7, 11) is 1.45. The van der Waals surface area contributed by atoms with Gasteiger partial charge in [0.25, 0.3) is 11.6 Å². The standard InChI is InChI=1S/C25H20ClN3O6/c1-34-22-13-18(11-20(26)23(22)35-15-17-7-9-19(10-8-17)29(32)33)12-21-24(30)28(25(31)27-21)14-16-5-3-2-4-6-16/h2-13H,14-15H2,1H3,(H,27,31)/b21-12+. The first kappa shape index (κ1) is 23.8. The Balaban J connectivity index is 1.51. The van der Waals surface area contributed by atoms with E-state index in [0.717, 1.165) is 10.5 Å². The minimum atomic E-state index is -0.508. The number of amides is 3. The molecule has 0 aromatic heterocycles. The predicted molar refractivity (Wildman–Crippen MR) is 129 cm³/mol. The normalized spacial score (nSPS) is 14.2. The molecule has 1 aliphatic heterocycles. The number of halogens is 1. The van der Waals surface area contributed by atoms with Crippen molar-refractivity contribution in [1.82, 2.24) is 10.2 Å². The van der Waals surface area contributed by atoms with Gasteiger partial charge in [0.2, 0.25) is 0 Å². The van der Waals surface area contributed by atoms with Gasteiger partial charge in [0, 0.05) is 12.1 Å². The van der Waals surface area contributed by atoms with Crippen molar-refractivity contribution in [3.63, 3.8) is 0 Å². The first-order valence-electron chi connectivity index (χ1n) is 10.5. The summed E-state index contributed by atoms with van der Waals surface area (Å²) in [5.41, 5.74) is 2.16. The summed E-state index contributed by atoms with van der Waals surface area (Å²) in [5, 5.41) is 13.6. The fourth-order valence-electron chi connectivity index (χ4n) is 3.48. The van der Waals surface area contributed by atoms with Crippen LogP contribution in [-0.2, 0) is 17.9 Å². The minimum absolute atomic E-state index is 0.0161. The maximum absolute atomic E-state index is 12.8. The monoisotopic (exact) mass is 493 g/mol. The number of nitrogens with one attached hydrogen (secondary N) is 1. The van der Waals surface area contributed by atoms with E-state index in [1.54, 1.807) is 24.3 Å². The van der Waals surface area contributed by atoms with Crippen LogP contribution in [0.3, 0.4) is 0 Å². The summed E-state index contributed by atoms with van der Waals surface area (Å²) in [6.07, 6.45) is 1.51. The molecule has 1 saturated heterocycles. The summed E-state index contributed by atoms with van der Waals surface area (Å²) in [6, 6.07) is 17.9. The molecule has 3 amide bonds. The Morgan fingerprint density at radius 1 is 1.06 bits per heavy atom. The van der Waals surface area contributed by atoms with Crippen LogP contribution in [-0.4, -0.2) is 28.9 Å². The molecule has 0 aliphatic carbocycles. The van der Waals surface area contributed by atoms with Crippen LogP contribution in [0.15, 0.2) is 72.4 Å². The Morgan fingerprint density at radius 3 is 2.43 bits per heavy atom. The van der Waals surface area contributed by atoms with Gasteiger partial charge in [-0.1, -0.05) is 41.9 Å². The van der Waals surface area contributed by atoms with Gasteiger partial charge >= 0.3 is 6.03 Å². The molecule has 4 rings (SSSR count). The summed E-state index contributed by atoms with van der Waals surface area (Å²) in [6.45, 7) is 0.264. The van der Waals surface area contributed by atoms with Crippen LogP contribution in [0.1, 0.15) is 16.7 Å². The van der Waals surface area contributed by atoms with E-state index in [4.69, 9.17) is 21.1 Å². The van der Waals surface area contributed by atoms with Gasteiger partial charge in [-0.25, -0.2) is 4.79 Å². The van der Waals surface area contributed by atoms with Crippen molar-refractivity contribution >= 4 is 35.3 Å². The molecule has 1 fully saturated rings. The zero-order valence-electron chi connectivity index (χ0n) is 18.6. The van der Waals surface area contributed by atoms with E-state index in [1.165, 1.54) is 25.3 Å². The van der Waals surface area contributed by atoms with Crippen LogP contribution in [0.5, 0.6) is 11.5 Å². The van der Waals surface area contributed by atoms with Gasteiger partial charge < -0.3 is 14.8 Å². The molecule has 1 aliphatic rings. The molecule has 10 heteroatoms. The maximum Gasteiger partial charge on any atom is 0.329 e. The van der Waals surface area contributed by atoms with Gasteiger partial charge in [-0.15, -0.1) is 0 Å². The second-order valence-electron chi connectivity index (χ2n) is 7.61. The average molecular weight is 494 g/mol. The van der Waals surface area contributed by atoms with E-state index >= 15 is 0 Å². The summed E-state index contributed by atoms with van der Waals surface area (Å²) in [4.78, 5) is 36.6. The molecular formula is C25H20ClN3O6. The third kappa shape index (κ3) is 5.42. The summed E-state index contributed by atoms with van der Waals surface area (Å²) < 4.78 is 11.2. The number of methoxy groups -OCH3 is 1. The Morgan fingerprint density at radius 2 is 1.77 bits per heavy atom. The topological polar surface area (TPSA) is 111 Å². The van der Waals surface area contributed by atoms with Gasteiger partial charge in [0.15, 0.2) is 11.5 Å². The predicted octanol–water partition coefficient (Wildman–Crippen LogP) is 4.93. The lowest BCUT2D eigenvalue weighted by Gasteiger charge is -2.14. The van der Waals surface area contributed by atoms with Crippen molar-refractivity contribution in [1.29, 1.82) is 0 Å². The number of benzene rings is 3. The maximum atomic E-state index is 12.8. The molecule has 3 aromatic rings. The molecule has 178 valence electrons. The molecule has 0 spiro atoms. The summed E-state index contributed by atoms with van der Waals surface area (Å²) >= 11 is 6.43. The molecule has 0 bridgehead atoms. The number of nitrogens with zero attached hydrogens (tertiary/aromatic N) is 2. The number of urea groups is 1. The molecule has 0 saturated carbocycles. The number of rotatable bonds is 8. The largest absolute Gasteiger partial charge is 0.493 e. The second-order valence-corrected chi connectivity index (χ2v) is 8.02. The Labute approximate surface area is 205 Å². The molecule has 1 N–H and O–H groups in total. The van der Waals surface area contributed by atoms with E-state index in [-0.39, 0.29) is 35.3 Å². The number of non-ortho nitro benzene ring substituents is 1. The number of carbonyl (C=O) groups excluding carboxylic acids is 2. The van der Waals surface area contributed by atoms with Crippen LogP contribution in [0.25, 0.3) is 6.08 Å². The number of hydrogen-bond donors (Lipinski definition) is 1. The number of ether oxygens (including phenoxy) is 2. The molecular weight excluding hydrogens is 474 g/mol. The lowest BCUT2D eigenvalue weighted by atomic mass is 10.1. The van der Waals surface area contributed by atoms with Crippen molar-refractivity contribution in [2.45, 2.75) is 13.2 Å². The van der Waals surface area contributed by atoms with E-state index < -0.39 is 16.9 Å². The number of imide groups is 1. The van der Waals surface area contributed by atoms with E-state index in [9.17, 15) is 19.7 Å². The fraction of sp³-hybridized carbons (Fsp3) is 0.120. The molecule has 0 radical (unpaired) electrons. The van der Waals surface area contributed by atoms with Crippen LogP contribution in [0, 0.1) is 10.1 Å². The zero-order chi connectivity index (χ0) is 24.9. The Bertz CT molecular complexity index is 1310. The summed E-state index contributed by atoms with van der Waals surface area (Å²) in [5.74, 6) is 0.152. The molecule has 0 unspecified atom stereocenters. The van der Waals surface area contributed by atoms with Crippen molar-refractivity contribution in [3.8, 4) is 11.5 Å². The smallest absolute Gasteiger partial charge is 0.329 e. The lowest BCUT2D eigenvalue weighted by Crippen LogP contribution is -2.30. The van der Waals surface area contributed by atoms with Crippen LogP contribution in [0.4, 0.5) is 10.5 Å². The fourth-order valence-corrected chi connectivity index (χ4v) is 3.75. The van der Waals surface area contributed by atoms with Gasteiger partial charge in [0.05, 0.1) is 23.6 Å². The number of nitro benzene ring substituents is 1. The van der Waals surface area contributed by atoms with Crippen molar-refractivity contribution in [2.24, 2.45) is 0 Å². The van der Waals surface area contributed by atoms with E-state index in [1.807, 2.05) is 30.3 Å². The molecule has 9 nitrogen and oxygen atoms in total. The number of hydrogen-bond acceptors (Lipinski definition) is 6. The molecule has 35 heavy (non-hydrogen) atoms. The number of carbonyl (C=O) groups is 2. The van der Waals surface area contributed by atoms with Crippen molar-refractivity contribution in [2.75, 3.05) is 7.11 Å². The third-order valence-electron chi connectivity index (χ3n) is 5.24. The van der Waals surface area contributed by atoms with Crippen LogP contribution >= 0.6 is 11.6 Å². The zero-order valence-corrected chi connectivity index (χ0v) is 19.3. The van der Waals surface area contributed by atoms with Gasteiger partial charge in [-0.05, 0) is 47.0 Å². The van der Waals surface area contributed by atoms with E-state index in [2.05, 4.69) is 5.32 Å².